The van der Waals surface area contributed by atoms with Crippen molar-refractivity contribution in [3.8, 4) is 0 Å². The van der Waals surface area contributed by atoms with E-state index in [0.717, 1.165) is 19.4 Å². The molecule has 0 aromatic rings. The number of hydrogen-bond donors (Lipinski definition) is 0. The zero-order valence-electron chi connectivity index (χ0n) is 9.79. The smallest absolute Gasteiger partial charge is 0.163 e. The Morgan fingerprint density at radius 2 is 2.20 bits per heavy atom. The van der Waals surface area contributed by atoms with Crippen molar-refractivity contribution < 1.29 is 14.2 Å². The summed E-state index contributed by atoms with van der Waals surface area (Å²) in [6.07, 6.45) is 2.35. The normalized spacial score (nSPS) is 39.9. The minimum Gasteiger partial charge on any atom is -0.381 e. The Balaban J connectivity index is 2.08. The molecule has 2 fully saturated rings. The minimum absolute atomic E-state index is 0.208. The van der Waals surface area contributed by atoms with Crippen molar-refractivity contribution in [1.82, 2.24) is 0 Å². The largest absolute Gasteiger partial charge is 0.381 e. The molecule has 0 aromatic heterocycles. The highest BCUT2D eigenvalue weighted by molar-refractivity contribution is 5.11. The van der Waals surface area contributed by atoms with E-state index in [1.807, 2.05) is 13.8 Å². The van der Waals surface area contributed by atoms with Crippen LogP contribution in [-0.4, -0.2) is 31.7 Å². The van der Waals surface area contributed by atoms with Crippen LogP contribution in [0.3, 0.4) is 0 Å². The molecule has 3 atom stereocenters. The summed E-state index contributed by atoms with van der Waals surface area (Å²) in [4.78, 5) is 0. The van der Waals surface area contributed by atoms with Gasteiger partial charge >= 0.3 is 0 Å². The Bertz CT molecular complexity index is 260. The van der Waals surface area contributed by atoms with Crippen molar-refractivity contribution in [2.75, 3.05) is 13.7 Å². The molecule has 0 aromatic carbocycles. The Morgan fingerprint density at radius 3 is 2.87 bits per heavy atom. The van der Waals surface area contributed by atoms with Gasteiger partial charge in [-0.2, -0.15) is 0 Å². The Labute approximate surface area is 91.4 Å². The standard InChI is InChI=1S/C12H20O3/c1-8-5-9(13-4)6-11-10(8)7-14-12(2,3)15-11/h9-11H,1,5-7H2,2-4H3. The van der Waals surface area contributed by atoms with Gasteiger partial charge in [0, 0.05) is 19.4 Å². The second-order valence-electron chi connectivity index (χ2n) is 4.93. The molecule has 1 aliphatic carbocycles. The molecule has 0 bridgehead atoms. The van der Waals surface area contributed by atoms with Crippen LogP contribution in [-0.2, 0) is 14.2 Å². The van der Waals surface area contributed by atoms with E-state index < -0.39 is 5.79 Å². The average Bonchev–Trinajstić information content (AvgIpc) is 2.15. The number of methoxy groups -OCH3 is 1. The van der Waals surface area contributed by atoms with Gasteiger partial charge in [-0.25, -0.2) is 0 Å². The average molecular weight is 212 g/mol. The van der Waals surface area contributed by atoms with E-state index in [9.17, 15) is 0 Å². The third kappa shape index (κ3) is 2.25. The zero-order chi connectivity index (χ0) is 11.1. The van der Waals surface area contributed by atoms with Gasteiger partial charge < -0.3 is 14.2 Å². The fourth-order valence-corrected chi connectivity index (χ4v) is 2.44. The van der Waals surface area contributed by atoms with Gasteiger partial charge in [-0.05, 0) is 20.3 Å². The topological polar surface area (TPSA) is 27.7 Å². The molecule has 86 valence electrons. The van der Waals surface area contributed by atoms with Gasteiger partial charge in [0.15, 0.2) is 5.79 Å². The first-order chi connectivity index (χ1) is 7.02. The summed E-state index contributed by atoms with van der Waals surface area (Å²) >= 11 is 0. The Morgan fingerprint density at radius 1 is 1.47 bits per heavy atom. The highest BCUT2D eigenvalue weighted by atomic mass is 16.7. The maximum atomic E-state index is 5.92. The van der Waals surface area contributed by atoms with Gasteiger partial charge in [0.1, 0.15) is 0 Å². The van der Waals surface area contributed by atoms with Crippen molar-refractivity contribution in [3.05, 3.63) is 12.2 Å². The summed E-state index contributed by atoms with van der Waals surface area (Å²) < 4.78 is 17.0. The molecular weight excluding hydrogens is 192 g/mol. The zero-order valence-corrected chi connectivity index (χ0v) is 9.79. The van der Waals surface area contributed by atoms with Gasteiger partial charge in [0.2, 0.25) is 0 Å². The first-order valence-electron chi connectivity index (χ1n) is 5.54. The van der Waals surface area contributed by atoms with Crippen LogP contribution in [0.15, 0.2) is 12.2 Å². The minimum atomic E-state index is -0.461. The summed E-state index contributed by atoms with van der Waals surface area (Å²) in [5.74, 6) is -0.110. The molecular formula is C12H20O3. The van der Waals surface area contributed by atoms with Gasteiger partial charge in [-0.15, -0.1) is 0 Å². The summed E-state index contributed by atoms with van der Waals surface area (Å²) in [7, 11) is 1.75. The van der Waals surface area contributed by atoms with Crippen LogP contribution in [0.5, 0.6) is 0 Å². The maximum absolute atomic E-state index is 5.92. The molecule has 3 nitrogen and oxygen atoms in total. The van der Waals surface area contributed by atoms with E-state index in [1.165, 1.54) is 5.57 Å². The van der Waals surface area contributed by atoms with Gasteiger partial charge in [0.05, 0.1) is 18.8 Å². The van der Waals surface area contributed by atoms with E-state index in [0.29, 0.717) is 5.92 Å². The van der Waals surface area contributed by atoms with E-state index in [1.54, 1.807) is 7.11 Å². The molecule has 0 N–H and O–H groups in total. The second kappa shape index (κ2) is 3.89. The quantitative estimate of drug-likeness (QED) is 0.623. The molecule has 0 spiro atoms. The van der Waals surface area contributed by atoms with Crippen LogP contribution < -0.4 is 0 Å². The predicted octanol–water partition coefficient (Wildman–Crippen LogP) is 2.12. The maximum Gasteiger partial charge on any atom is 0.163 e. The number of fused-ring (bicyclic) bond motifs is 1. The molecule has 15 heavy (non-hydrogen) atoms. The molecule has 1 aliphatic heterocycles. The van der Waals surface area contributed by atoms with Crippen LogP contribution in [0.4, 0.5) is 0 Å². The monoisotopic (exact) mass is 212 g/mol. The first-order valence-corrected chi connectivity index (χ1v) is 5.54. The third-order valence-corrected chi connectivity index (χ3v) is 3.34. The molecule has 0 radical (unpaired) electrons. The number of ether oxygens (including phenoxy) is 3. The molecule has 3 unspecified atom stereocenters. The lowest BCUT2D eigenvalue weighted by atomic mass is 9.80. The van der Waals surface area contributed by atoms with Crippen LogP contribution in [0.1, 0.15) is 26.7 Å². The van der Waals surface area contributed by atoms with Crippen LogP contribution in [0.2, 0.25) is 0 Å². The van der Waals surface area contributed by atoms with Crippen molar-refractivity contribution >= 4 is 0 Å². The molecule has 2 aliphatic rings. The van der Waals surface area contributed by atoms with Crippen LogP contribution in [0.25, 0.3) is 0 Å². The lowest BCUT2D eigenvalue weighted by Gasteiger charge is -2.45. The fraction of sp³-hybridized carbons (Fsp3) is 0.833. The van der Waals surface area contributed by atoms with E-state index in [-0.39, 0.29) is 12.2 Å². The highest BCUT2D eigenvalue weighted by Crippen LogP contribution is 2.38. The van der Waals surface area contributed by atoms with Crippen molar-refractivity contribution in [1.29, 1.82) is 0 Å². The summed E-state index contributed by atoms with van der Waals surface area (Å²) in [6, 6.07) is 0. The first kappa shape index (κ1) is 11.1. The van der Waals surface area contributed by atoms with Gasteiger partial charge in [-0.1, -0.05) is 12.2 Å². The fourth-order valence-electron chi connectivity index (χ4n) is 2.44. The third-order valence-electron chi connectivity index (χ3n) is 3.34. The number of hydrogen-bond acceptors (Lipinski definition) is 3. The van der Waals surface area contributed by atoms with Crippen molar-refractivity contribution in [2.24, 2.45) is 5.92 Å². The van der Waals surface area contributed by atoms with Gasteiger partial charge in [-0.3, -0.25) is 0 Å². The SMILES string of the molecule is C=C1CC(OC)CC2OC(C)(C)OCC12. The van der Waals surface area contributed by atoms with Gasteiger partial charge in [0.25, 0.3) is 0 Å². The summed E-state index contributed by atoms with van der Waals surface area (Å²) in [5, 5.41) is 0. The second-order valence-corrected chi connectivity index (χ2v) is 4.93. The Kier molecular flexibility index (Phi) is 2.88. The molecule has 1 saturated heterocycles. The molecule has 2 rings (SSSR count). The molecule has 1 saturated carbocycles. The van der Waals surface area contributed by atoms with E-state index in [2.05, 4.69) is 6.58 Å². The lowest BCUT2D eigenvalue weighted by molar-refractivity contribution is -0.295. The lowest BCUT2D eigenvalue weighted by Crippen LogP contribution is -2.49. The Hall–Kier alpha value is -0.380. The van der Waals surface area contributed by atoms with Crippen molar-refractivity contribution in [3.63, 3.8) is 0 Å². The highest BCUT2D eigenvalue weighted by Gasteiger charge is 2.41. The number of rotatable bonds is 1. The molecule has 0 amide bonds. The predicted molar refractivity (Wildman–Crippen MR) is 57.6 cm³/mol. The molecule has 3 heteroatoms. The molecule has 1 heterocycles. The van der Waals surface area contributed by atoms with E-state index in [4.69, 9.17) is 14.2 Å². The van der Waals surface area contributed by atoms with Crippen LogP contribution >= 0.6 is 0 Å². The van der Waals surface area contributed by atoms with Crippen molar-refractivity contribution in [2.45, 2.75) is 44.7 Å². The van der Waals surface area contributed by atoms with Crippen LogP contribution in [0, 0.1) is 5.92 Å². The van der Waals surface area contributed by atoms with E-state index >= 15 is 0 Å². The summed E-state index contributed by atoms with van der Waals surface area (Å²) in [6.45, 7) is 8.75. The summed E-state index contributed by atoms with van der Waals surface area (Å²) in [5.41, 5.74) is 1.20.